The SMILES string of the molecule is C=CC=CC(=C)C(=C)C=CC(=C)N(c1ccc(-n2c3ccccc3c3ccccc32)cc1)c1ccc2c(c1)C(C)(C)c1cc(-c3cc4c5ccccc5n5c6ccccc6c(c3)c45)ccc1-2. The van der Waals surface area contributed by atoms with Gasteiger partial charge in [-0.15, -0.1) is 0 Å². The van der Waals surface area contributed by atoms with Crippen LogP contribution >= 0.6 is 0 Å². The average molecular weight is 846 g/mol. The minimum absolute atomic E-state index is 0.271. The van der Waals surface area contributed by atoms with Crippen molar-refractivity contribution in [3.05, 3.63) is 255 Å². The molecular weight excluding hydrogens is 799 g/mol. The van der Waals surface area contributed by atoms with Crippen molar-refractivity contribution in [1.29, 1.82) is 0 Å². The summed E-state index contributed by atoms with van der Waals surface area (Å²) in [4.78, 5) is 2.25. The fourth-order valence-electron chi connectivity index (χ4n) is 10.8. The van der Waals surface area contributed by atoms with E-state index >= 15 is 0 Å². The van der Waals surface area contributed by atoms with Crippen molar-refractivity contribution in [2.24, 2.45) is 0 Å². The molecule has 314 valence electrons. The summed E-state index contributed by atoms with van der Waals surface area (Å²) >= 11 is 0. The van der Waals surface area contributed by atoms with Gasteiger partial charge in [0, 0.05) is 60.5 Å². The molecule has 66 heavy (non-hydrogen) atoms. The Morgan fingerprint density at radius 2 is 0.985 bits per heavy atom. The number of fused-ring (bicyclic) bond motifs is 12. The summed E-state index contributed by atoms with van der Waals surface area (Å²) in [6.45, 7) is 21.7. The van der Waals surface area contributed by atoms with Gasteiger partial charge in [0.05, 0.1) is 27.6 Å². The number of hydrogen-bond acceptors (Lipinski definition) is 1. The van der Waals surface area contributed by atoms with Crippen LogP contribution in [-0.2, 0) is 5.41 Å². The number of para-hydroxylation sites is 4. The summed E-state index contributed by atoms with van der Waals surface area (Å²) in [6.07, 6.45) is 9.57. The van der Waals surface area contributed by atoms with E-state index in [2.05, 4.69) is 224 Å². The van der Waals surface area contributed by atoms with E-state index < -0.39 is 0 Å². The second kappa shape index (κ2) is 14.8. The number of aromatic nitrogens is 2. The predicted molar refractivity (Wildman–Crippen MR) is 283 cm³/mol. The maximum absolute atomic E-state index is 4.67. The lowest BCUT2D eigenvalue weighted by Crippen LogP contribution is -2.18. The van der Waals surface area contributed by atoms with Crippen molar-refractivity contribution >= 4 is 71.3 Å². The number of hydrogen-bond donors (Lipinski definition) is 0. The van der Waals surface area contributed by atoms with Crippen LogP contribution < -0.4 is 4.90 Å². The van der Waals surface area contributed by atoms with Crippen LogP contribution in [0.25, 0.3) is 87.8 Å². The first-order valence-corrected chi connectivity index (χ1v) is 22.6. The van der Waals surface area contributed by atoms with E-state index in [-0.39, 0.29) is 5.41 Å². The van der Waals surface area contributed by atoms with E-state index in [1.807, 2.05) is 24.3 Å². The summed E-state index contributed by atoms with van der Waals surface area (Å²) in [5.74, 6) is 0. The molecule has 0 fully saturated rings. The molecule has 0 spiro atoms. The Bertz CT molecular complexity index is 3780. The van der Waals surface area contributed by atoms with Crippen molar-refractivity contribution in [2.75, 3.05) is 4.90 Å². The molecule has 0 saturated carbocycles. The summed E-state index contributed by atoms with van der Waals surface area (Å²) in [6, 6.07) is 62.5. The lowest BCUT2D eigenvalue weighted by atomic mass is 9.81. The van der Waals surface area contributed by atoms with Crippen LogP contribution in [0.5, 0.6) is 0 Å². The standard InChI is InChI=1S/C63H47N3/c1-7-8-17-40(2)41(3)26-27-42(4)64(45-29-31-46(32-30-45)65-58-22-13-9-18-50(58)51-19-10-14-23-59(51)65)47-33-35-49-48-34-28-43(38-56(48)63(5,6)57(49)39-47)44-36-54-52-20-11-15-24-60(52)66-61-25-16-12-21-53(61)55(37-44)62(54)66/h7-39H,1-4H2,5-6H3. The van der Waals surface area contributed by atoms with E-state index in [4.69, 9.17) is 0 Å². The number of benzene rings is 8. The Hall–Kier alpha value is -8.40. The minimum atomic E-state index is -0.271. The molecule has 0 amide bonds. The second-order valence-electron chi connectivity index (χ2n) is 18.1. The van der Waals surface area contributed by atoms with E-state index in [9.17, 15) is 0 Å². The van der Waals surface area contributed by atoms with E-state index in [1.54, 1.807) is 6.08 Å². The highest BCUT2D eigenvalue weighted by atomic mass is 15.1. The third-order valence-electron chi connectivity index (χ3n) is 14.0. The molecule has 0 N–H and O–H groups in total. The Balaban J connectivity index is 0.948. The van der Waals surface area contributed by atoms with Gasteiger partial charge >= 0.3 is 0 Å². The molecule has 8 aromatic carbocycles. The Kier molecular flexibility index (Phi) is 8.81. The van der Waals surface area contributed by atoms with Crippen LogP contribution in [0.2, 0.25) is 0 Å². The first-order chi connectivity index (χ1) is 32.2. The molecule has 3 heteroatoms. The van der Waals surface area contributed by atoms with Gasteiger partial charge in [-0.05, 0) is 129 Å². The van der Waals surface area contributed by atoms with Gasteiger partial charge in [0.1, 0.15) is 0 Å². The quantitative estimate of drug-likeness (QED) is 0.125. The van der Waals surface area contributed by atoms with Crippen LogP contribution in [0.4, 0.5) is 11.4 Å². The Morgan fingerprint density at radius 1 is 0.485 bits per heavy atom. The van der Waals surface area contributed by atoms with Crippen molar-refractivity contribution in [1.82, 2.24) is 8.97 Å². The normalized spacial score (nSPS) is 13.2. The lowest BCUT2D eigenvalue weighted by Gasteiger charge is -2.28. The van der Waals surface area contributed by atoms with Crippen LogP contribution in [0.3, 0.4) is 0 Å². The Morgan fingerprint density at radius 3 is 1.58 bits per heavy atom. The Labute approximate surface area is 385 Å². The maximum Gasteiger partial charge on any atom is 0.0620 e. The van der Waals surface area contributed by atoms with Gasteiger partial charge in [-0.25, -0.2) is 0 Å². The highest BCUT2D eigenvalue weighted by molar-refractivity contribution is 6.24. The highest BCUT2D eigenvalue weighted by Crippen LogP contribution is 2.52. The zero-order chi connectivity index (χ0) is 44.8. The van der Waals surface area contributed by atoms with Crippen LogP contribution in [0.1, 0.15) is 25.0 Å². The molecule has 1 aliphatic carbocycles. The summed E-state index contributed by atoms with van der Waals surface area (Å²) in [5.41, 5.74) is 19.1. The van der Waals surface area contributed by atoms with Gasteiger partial charge in [0.2, 0.25) is 0 Å². The third kappa shape index (κ3) is 5.83. The molecule has 0 saturated heterocycles. The molecule has 1 aliphatic rings. The monoisotopic (exact) mass is 845 g/mol. The van der Waals surface area contributed by atoms with Crippen LogP contribution in [0, 0.1) is 0 Å². The number of anilines is 2. The van der Waals surface area contributed by atoms with Crippen molar-refractivity contribution in [3.8, 4) is 27.9 Å². The molecule has 0 atom stereocenters. The highest BCUT2D eigenvalue weighted by Gasteiger charge is 2.36. The van der Waals surface area contributed by atoms with Crippen molar-refractivity contribution in [2.45, 2.75) is 19.3 Å². The summed E-state index contributed by atoms with van der Waals surface area (Å²) < 4.78 is 4.80. The van der Waals surface area contributed by atoms with Crippen molar-refractivity contribution in [3.63, 3.8) is 0 Å². The maximum atomic E-state index is 4.67. The second-order valence-corrected chi connectivity index (χ2v) is 18.1. The van der Waals surface area contributed by atoms with Gasteiger partial charge in [-0.2, -0.15) is 0 Å². The zero-order valence-corrected chi connectivity index (χ0v) is 37.2. The fourth-order valence-corrected chi connectivity index (χ4v) is 10.8. The molecule has 0 unspecified atom stereocenters. The smallest absolute Gasteiger partial charge is 0.0620 e. The summed E-state index contributed by atoms with van der Waals surface area (Å²) in [5, 5.41) is 7.64. The molecule has 0 radical (unpaired) electrons. The zero-order valence-electron chi connectivity index (χ0n) is 37.2. The summed E-state index contributed by atoms with van der Waals surface area (Å²) in [7, 11) is 0. The lowest BCUT2D eigenvalue weighted by molar-refractivity contribution is 0.660. The topological polar surface area (TPSA) is 12.6 Å². The molecule has 0 bridgehead atoms. The molecule has 3 nitrogen and oxygen atoms in total. The third-order valence-corrected chi connectivity index (χ3v) is 14.0. The van der Waals surface area contributed by atoms with Gasteiger partial charge in [-0.1, -0.05) is 155 Å². The van der Waals surface area contributed by atoms with Gasteiger partial charge in [-0.3, -0.25) is 0 Å². The molecule has 3 heterocycles. The van der Waals surface area contributed by atoms with E-state index in [1.165, 1.54) is 93.3 Å². The minimum Gasteiger partial charge on any atom is -0.311 e. The predicted octanol–water partition coefficient (Wildman–Crippen LogP) is 17.0. The largest absolute Gasteiger partial charge is 0.311 e. The van der Waals surface area contributed by atoms with Gasteiger partial charge in [0.15, 0.2) is 0 Å². The number of allylic oxidation sites excluding steroid dienone is 7. The molecule has 11 aromatic rings. The first-order valence-electron chi connectivity index (χ1n) is 22.6. The van der Waals surface area contributed by atoms with E-state index in [0.717, 1.165) is 33.9 Å². The van der Waals surface area contributed by atoms with E-state index in [0.29, 0.717) is 0 Å². The van der Waals surface area contributed by atoms with Crippen LogP contribution in [-0.4, -0.2) is 8.97 Å². The van der Waals surface area contributed by atoms with Crippen molar-refractivity contribution < 1.29 is 0 Å². The number of nitrogens with zero attached hydrogens (tertiary/aromatic N) is 3. The molecular formula is C63H47N3. The van der Waals surface area contributed by atoms with Gasteiger partial charge < -0.3 is 13.9 Å². The van der Waals surface area contributed by atoms with Crippen LogP contribution in [0.15, 0.2) is 243 Å². The fraction of sp³-hybridized carbons (Fsp3) is 0.0476. The average Bonchev–Trinajstić information content (AvgIpc) is 4.05. The molecule has 0 aliphatic heterocycles. The van der Waals surface area contributed by atoms with Gasteiger partial charge in [0.25, 0.3) is 0 Å². The number of rotatable bonds is 10. The molecule has 3 aromatic heterocycles. The first kappa shape index (κ1) is 39.2. The molecule has 12 rings (SSSR count).